The summed E-state index contributed by atoms with van der Waals surface area (Å²) in [5, 5.41) is 13.5. The van der Waals surface area contributed by atoms with Crippen LogP contribution in [-0.4, -0.2) is 23.8 Å². The van der Waals surface area contributed by atoms with Gasteiger partial charge in [-0.3, -0.25) is 0 Å². The first-order valence-electron chi connectivity index (χ1n) is 8.11. The van der Waals surface area contributed by atoms with Crippen molar-refractivity contribution >= 4 is 0 Å². The minimum atomic E-state index is -0.486. The molecule has 0 heterocycles. The predicted molar refractivity (Wildman–Crippen MR) is 81.0 cm³/mol. The molecule has 2 nitrogen and oxygen atoms in total. The molecular weight excluding hydrogens is 222 g/mol. The maximum absolute atomic E-state index is 10.1. The monoisotopic (exact) mass is 257 g/mol. The molecule has 0 radical (unpaired) electrons. The molecule has 110 valence electrons. The molecule has 0 aliphatic rings. The largest absolute Gasteiger partial charge is 0.389 e. The summed E-state index contributed by atoms with van der Waals surface area (Å²) >= 11 is 0. The zero-order valence-electron chi connectivity index (χ0n) is 12.9. The van der Waals surface area contributed by atoms with E-state index in [1.807, 2.05) is 0 Å². The number of rotatable bonds is 13. The van der Waals surface area contributed by atoms with Crippen molar-refractivity contribution in [2.75, 3.05) is 13.1 Å². The van der Waals surface area contributed by atoms with Crippen LogP contribution in [0.4, 0.5) is 0 Å². The number of hydrogen-bond donors (Lipinski definition) is 2. The van der Waals surface area contributed by atoms with E-state index in [1.54, 1.807) is 0 Å². The van der Waals surface area contributed by atoms with Crippen molar-refractivity contribution in [1.29, 1.82) is 0 Å². The Balaban J connectivity index is 3.21. The molecule has 0 aliphatic heterocycles. The normalized spacial score (nSPS) is 12.0. The van der Waals surface area contributed by atoms with Gasteiger partial charge in [0.05, 0.1) is 5.60 Å². The Bertz CT molecular complexity index is 166. The van der Waals surface area contributed by atoms with Crippen LogP contribution in [0.5, 0.6) is 0 Å². The standard InChI is InChI=1S/C16H35NO/c1-4-7-8-9-10-11-12-13-14-17-15-16(18,5-2)6-3/h17-18H,4-15H2,1-3H3. The molecule has 0 saturated heterocycles. The van der Waals surface area contributed by atoms with E-state index >= 15 is 0 Å². The predicted octanol–water partition coefficient (Wildman–Crippen LogP) is 4.27. The van der Waals surface area contributed by atoms with E-state index < -0.39 is 5.60 Å². The van der Waals surface area contributed by atoms with E-state index in [9.17, 15) is 5.11 Å². The van der Waals surface area contributed by atoms with Crippen molar-refractivity contribution in [3.05, 3.63) is 0 Å². The third-order valence-corrected chi connectivity index (χ3v) is 3.98. The van der Waals surface area contributed by atoms with E-state index in [-0.39, 0.29) is 0 Å². The van der Waals surface area contributed by atoms with E-state index in [0.717, 1.165) is 25.9 Å². The molecule has 0 fully saturated rings. The second-order valence-corrected chi connectivity index (χ2v) is 5.58. The van der Waals surface area contributed by atoms with E-state index in [4.69, 9.17) is 0 Å². The average molecular weight is 257 g/mol. The topological polar surface area (TPSA) is 32.3 Å². The Kier molecular flexibility index (Phi) is 11.9. The first kappa shape index (κ1) is 17.9. The maximum Gasteiger partial charge on any atom is 0.0766 e. The van der Waals surface area contributed by atoms with Crippen LogP contribution in [0.3, 0.4) is 0 Å². The molecule has 2 N–H and O–H groups in total. The van der Waals surface area contributed by atoms with Gasteiger partial charge in [-0.2, -0.15) is 0 Å². The highest BCUT2D eigenvalue weighted by Crippen LogP contribution is 2.13. The molecule has 0 unspecified atom stereocenters. The Labute approximate surface area is 115 Å². The summed E-state index contributed by atoms with van der Waals surface area (Å²) in [6, 6.07) is 0. The molecule has 18 heavy (non-hydrogen) atoms. The summed E-state index contributed by atoms with van der Waals surface area (Å²) < 4.78 is 0. The Morgan fingerprint density at radius 3 is 1.78 bits per heavy atom. The molecule has 0 aromatic rings. The van der Waals surface area contributed by atoms with Gasteiger partial charge in [0.25, 0.3) is 0 Å². The molecule has 2 heteroatoms. The van der Waals surface area contributed by atoms with Crippen molar-refractivity contribution in [1.82, 2.24) is 5.32 Å². The summed E-state index contributed by atoms with van der Waals surface area (Å²) in [7, 11) is 0. The molecule has 0 amide bonds. The van der Waals surface area contributed by atoms with Crippen LogP contribution in [0.2, 0.25) is 0 Å². The fourth-order valence-corrected chi connectivity index (χ4v) is 2.20. The summed E-state index contributed by atoms with van der Waals surface area (Å²) in [6.07, 6.45) is 12.6. The van der Waals surface area contributed by atoms with E-state index in [2.05, 4.69) is 26.1 Å². The number of unbranched alkanes of at least 4 members (excludes halogenated alkanes) is 7. The third kappa shape index (κ3) is 9.90. The number of nitrogens with one attached hydrogen (secondary N) is 1. The maximum atomic E-state index is 10.1. The molecule has 0 spiro atoms. The molecule has 0 rings (SSSR count). The van der Waals surface area contributed by atoms with Crippen LogP contribution in [0, 0.1) is 0 Å². The van der Waals surface area contributed by atoms with Gasteiger partial charge in [0.15, 0.2) is 0 Å². The summed E-state index contributed by atoms with van der Waals surface area (Å²) in [5.74, 6) is 0. The Morgan fingerprint density at radius 1 is 0.778 bits per heavy atom. The van der Waals surface area contributed by atoms with Gasteiger partial charge >= 0.3 is 0 Å². The van der Waals surface area contributed by atoms with Crippen LogP contribution in [0.15, 0.2) is 0 Å². The van der Waals surface area contributed by atoms with Crippen molar-refractivity contribution in [3.63, 3.8) is 0 Å². The van der Waals surface area contributed by atoms with Crippen LogP contribution in [-0.2, 0) is 0 Å². The second kappa shape index (κ2) is 12.0. The van der Waals surface area contributed by atoms with E-state index in [1.165, 1.54) is 51.4 Å². The lowest BCUT2D eigenvalue weighted by Crippen LogP contribution is -2.39. The van der Waals surface area contributed by atoms with Gasteiger partial charge in [-0.15, -0.1) is 0 Å². The Morgan fingerprint density at radius 2 is 1.28 bits per heavy atom. The first-order chi connectivity index (χ1) is 8.68. The van der Waals surface area contributed by atoms with Gasteiger partial charge in [0.2, 0.25) is 0 Å². The zero-order valence-corrected chi connectivity index (χ0v) is 12.9. The van der Waals surface area contributed by atoms with Crippen LogP contribution in [0.25, 0.3) is 0 Å². The van der Waals surface area contributed by atoms with E-state index in [0.29, 0.717) is 0 Å². The summed E-state index contributed by atoms with van der Waals surface area (Å²) in [4.78, 5) is 0. The molecule has 0 bridgehead atoms. The highest BCUT2D eigenvalue weighted by Gasteiger charge is 2.20. The number of hydrogen-bond acceptors (Lipinski definition) is 2. The Hall–Kier alpha value is -0.0800. The minimum Gasteiger partial charge on any atom is -0.389 e. The first-order valence-corrected chi connectivity index (χ1v) is 8.11. The van der Waals surface area contributed by atoms with Crippen LogP contribution >= 0.6 is 0 Å². The third-order valence-electron chi connectivity index (χ3n) is 3.98. The van der Waals surface area contributed by atoms with Gasteiger partial charge in [-0.05, 0) is 25.8 Å². The van der Waals surface area contributed by atoms with Crippen molar-refractivity contribution < 1.29 is 5.11 Å². The zero-order chi connectivity index (χ0) is 13.7. The lowest BCUT2D eigenvalue weighted by molar-refractivity contribution is 0.0327. The summed E-state index contributed by atoms with van der Waals surface area (Å²) in [6.45, 7) is 8.18. The fourth-order valence-electron chi connectivity index (χ4n) is 2.20. The lowest BCUT2D eigenvalue weighted by Gasteiger charge is -2.25. The highest BCUT2D eigenvalue weighted by molar-refractivity contribution is 4.77. The van der Waals surface area contributed by atoms with Gasteiger partial charge in [0, 0.05) is 6.54 Å². The summed E-state index contributed by atoms with van der Waals surface area (Å²) in [5.41, 5.74) is -0.486. The highest BCUT2D eigenvalue weighted by atomic mass is 16.3. The molecule has 0 aromatic carbocycles. The molecular formula is C16H35NO. The van der Waals surface area contributed by atoms with Crippen molar-refractivity contribution in [2.24, 2.45) is 0 Å². The molecule has 0 saturated carbocycles. The fraction of sp³-hybridized carbons (Fsp3) is 1.00. The molecule has 0 aromatic heterocycles. The van der Waals surface area contributed by atoms with Gasteiger partial charge in [-0.1, -0.05) is 65.7 Å². The quantitative estimate of drug-likeness (QED) is 0.483. The van der Waals surface area contributed by atoms with Gasteiger partial charge in [-0.25, -0.2) is 0 Å². The van der Waals surface area contributed by atoms with Crippen LogP contribution in [0.1, 0.15) is 85.0 Å². The van der Waals surface area contributed by atoms with Crippen molar-refractivity contribution in [3.8, 4) is 0 Å². The lowest BCUT2D eigenvalue weighted by atomic mass is 9.97. The molecule has 0 aliphatic carbocycles. The van der Waals surface area contributed by atoms with Crippen LogP contribution < -0.4 is 5.32 Å². The number of aliphatic hydroxyl groups is 1. The smallest absolute Gasteiger partial charge is 0.0766 e. The van der Waals surface area contributed by atoms with Crippen molar-refractivity contribution in [2.45, 2.75) is 90.6 Å². The molecule has 0 atom stereocenters. The van der Waals surface area contributed by atoms with Gasteiger partial charge in [0.1, 0.15) is 0 Å². The second-order valence-electron chi connectivity index (χ2n) is 5.58. The van der Waals surface area contributed by atoms with Gasteiger partial charge < -0.3 is 10.4 Å². The minimum absolute atomic E-state index is 0.486. The SMILES string of the molecule is CCCCCCCCCCNCC(O)(CC)CC. The average Bonchev–Trinajstić information content (AvgIpc) is 2.40.